The Kier molecular flexibility index (Phi) is 6.60. The van der Waals surface area contributed by atoms with Gasteiger partial charge in [-0.3, -0.25) is 0 Å². The molecule has 2 atom stereocenters. The molecule has 4 rings (SSSR count). The van der Waals surface area contributed by atoms with E-state index in [9.17, 15) is 18.0 Å². The van der Waals surface area contributed by atoms with Crippen LogP contribution in [0.5, 0.6) is 17.2 Å². The first-order valence-electron chi connectivity index (χ1n) is 10.9. The zero-order chi connectivity index (χ0) is 22.8. The second-order valence-corrected chi connectivity index (χ2v) is 7.97. The molecule has 2 aliphatic rings. The summed E-state index contributed by atoms with van der Waals surface area (Å²) in [6.07, 6.45) is 2.95. The van der Waals surface area contributed by atoms with E-state index in [2.05, 4.69) is 6.92 Å². The second-order valence-electron chi connectivity index (χ2n) is 7.97. The summed E-state index contributed by atoms with van der Waals surface area (Å²) in [5, 5.41) is 0. The highest BCUT2D eigenvalue weighted by molar-refractivity contribution is 5.90. The SMILES string of the molecule is CCCC1CCC(OC(=O)c2cc3c(c(F)c2F)Oc2c(ccc(OCC)c2F)C3)CO1. The summed E-state index contributed by atoms with van der Waals surface area (Å²) >= 11 is 0. The molecule has 172 valence electrons. The minimum atomic E-state index is -1.39. The predicted octanol–water partition coefficient (Wildman–Crippen LogP) is 5.70. The van der Waals surface area contributed by atoms with E-state index in [1.807, 2.05) is 0 Å². The Morgan fingerprint density at radius 3 is 2.53 bits per heavy atom. The highest BCUT2D eigenvalue weighted by atomic mass is 19.2. The molecule has 8 heteroatoms. The molecule has 0 amide bonds. The van der Waals surface area contributed by atoms with Crippen LogP contribution in [0, 0.1) is 17.5 Å². The van der Waals surface area contributed by atoms with E-state index in [0.29, 0.717) is 12.0 Å². The fourth-order valence-electron chi connectivity index (χ4n) is 4.09. The minimum absolute atomic E-state index is 0.0355. The maximum atomic E-state index is 14.8. The van der Waals surface area contributed by atoms with Gasteiger partial charge in [-0.05, 0) is 38.3 Å². The summed E-state index contributed by atoms with van der Waals surface area (Å²) in [4.78, 5) is 12.6. The molecule has 0 N–H and O–H groups in total. The number of carbonyl (C=O) groups is 1. The van der Waals surface area contributed by atoms with Crippen molar-refractivity contribution in [3.63, 3.8) is 0 Å². The lowest BCUT2D eigenvalue weighted by Crippen LogP contribution is -2.33. The van der Waals surface area contributed by atoms with Gasteiger partial charge in [0, 0.05) is 17.5 Å². The van der Waals surface area contributed by atoms with E-state index in [-0.39, 0.29) is 42.8 Å². The fraction of sp³-hybridized carbons (Fsp3) is 0.458. The third-order valence-electron chi connectivity index (χ3n) is 5.70. The molecule has 2 aromatic carbocycles. The first-order valence-corrected chi connectivity index (χ1v) is 10.9. The van der Waals surface area contributed by atoms with Crippen molar-refractivity contribution < 1.29 is 36.9 Å². The number of hydrogen-bond acceptors (Lipinski definition) is 5. The lowest BCUT2D eigenvalue weighted by atomic mass is 9.97. The Hall–Kier alpha value is -2.74. The van der Waals surface area contributed by atoms with Gasteiger partial charge in [-0.1, -0.05) is 19.4 Å². The first-order chi connectivity index (χ1) is 15.4. The van der Waals surface area contributed by atoms with E-state index in [4.69, 9.17) is 18.9 Å². The van der Waals surface area contributed by atoms with Gasteiger partial charge in [-0.2, -0.15) is 8.78 Å². The molecule has 0 aromatic heterocycles. The monoisotopic (exact) mass is 450 g/mol. The lowest BCUT2D eigenvalue weighted by Gasteiger charge is -2.29. The third-order valence-corrected chi connectivity index (χ3v) is 5.70. The van der Waals surface area contributed by atoms with Crippen molar-refractivity contribution in [2.75, 3.05) is 13.2 Å². The van der Waals surface area contributed by atoms with Crippen molar-refractivity contribution in [3.8, 4) is 17.2 Å². The van der Waals surface area contributed by atoms with Gasteiger partial charge in [0.05, 0.1) is 24.9 Å². The van der Waals surface area contributed by atoms with E-state index in [1.54, 1.807) is 13.0 Å². The molecule has 0 aliphatic carbocycles. The number of esters is 1. The van der Waals surface area contributed by atoms with Gasteiger partial charge in [-0.15, -0.1) is 0 Å². The molecule has 1 fully saturated rings. The molecule has 0 radical (unpaired) electrons. The van der Waals surface area contributed by atoms with Crippen LogP contribution in [0.1, 0.15) is 61.0 Å². The molecule has 2 unspecified atom stereocenters. The van der Waals surface area contributed by atoms with E-state index in [0.717, 1.165) is 19.3 Å². The molecule has 5 nitrogen and oxygen atoms in total. The van der Waals surface area contributed by atoms with Crippen molar-refractivity contribution in [3.05, 3.63) is 52.3 Å². The molecule has 0 saturated carbocycles. The van der Waals surface area contributed by atoms with Crippen LogP contribution in [0.4, 0.5) is 13.2 Å². The van der Waals surface area contributed by atoms with Gasteiger partial charge in [-0.25, -0.2) is 9.18 Å². The number of rotatable bonds is 6. The molecule has 2 heterocycles. The van der Waals surface area contributed by atoms with Crippen LogP contribution >= 0.6 is 0 Å². The number of carbonyl (C=O) groups excluding carboxylic acids is 1. The van der Waals surface area contributed by atoms with Gasteiger partial charge < -0.3 is 18.9 Å². The molecule has 2 aromatic rings. The number of hydrogen-bond donors (Lipinski definition) is 0. The van der Waals surface area contributed by atoms with Crippen molar-refractivity contribution in [1.29, 1.82) is 0 Å². The molecular formula is C24H25F3O5. The van der Waals surface area contributed by atoms with Gasteiger partial charge in [0.15, 0.2) is 23.1 Å². The van der Waals surface area contributed by atoms with Gasteiger partial charge in [0.2, 0.25) is 11.6 Å². The minimum Gasteiger partial charge on any atom is -0.491 e. The van der Waals surface area contributed by atoms with Crippen LogP contribution in [0.25, 0.3) is 0 Å². The van der Waals surface area contributed by atoms with E-state index < -0.39 is 40.8 Å². The Bertz CT molecular complexity index is 1020. The predicted molar refractivity (Wildman–Crippen MR) is 110 cm³/mol. The average molecular weight is 450 g/mol. The summed E-state index contributed by atoms with van der Waals surface area (Å²) in [5.41, 5.74) is 0.150. The Morgan fingerprint density at radius 1 is 1.06 bits per heavy atom. The average Bonchev–Trinajstić information content (AvgIpc) is 2.79. The van der Waals surface area contributed by atoms with Crippen LogP contribution in [-0.4, -0.2) is 31.4 Å². The number of benzene rings is 2. The maximum Gasteiger partial charge on any atom is 0.341 e. The summed E-state index contributed by atoms with van der Waals surface area (Å²) in [5.74, 6) is -5.18. The third kappa shape index (κ3) is 4.28. The topological polar surface area (TPSA) is 54.0 Å². The summed E-state index contributed by atoms with van der Waals surface area (Å²) in [6, 6.07) is 4.25. The smallest absolute Gasteiger partial charge is 0.341 e. The lowest BCUT2D eigenvalue weighted by molar-refractivity contribution is -0.0689. The second kappa shape index (κ2) is 9.40. The number of fused-ring (bicyclic) bond motifs is 2. The van der Waals surface area contributed by atoms with Crippen LogP contribution < -0.4 is 9.47 Å². The van der Waals surface area contributed by atoms with Crippen LogP contribution in [0.3, 0.4) is 0 Å². The van der Waals surface area contributed by atoms with E-state index in [1.165, 1.54) is 12.1 Å². The van der Waals surface area contributed by atoms with Crippen LogP contribution in [-0.2, 0) is 15.9 Å². The molecule has 2 aliphatic heterocycles. The van der Waals surface area contributed by atoms with Crippen molar-refractivity contribution in [2.24, 2.45) is 0 Å². The Balaban J connectivity index is 1.54. The van der Waals surface area contributed by atoms with Crippen molar-refractivity contribution in [2.45, 2.75) is 58.2 Å². The summed E-state index contributed by atoms with van der Waals surface area (Å²) < 4.78 is 65.8. The summed E-state index contributed by atoms with van der Waals surface area (Å²) in [7, 11) is 0. The standard InChI is InChI=1S/C24H25F3O5/c1-3-5-15-7-8-16(12-30-15)31-24(28)17-11-14-10-13-6-9-18(29-4-2)20(26)22(13)32-23(14)21(27)19(17)25/h6,9,11,15-16H,3-5,7-8,10,12H2,1-2H3. The maximum absolute atomic E-state index is 14.8. The molecule has 32 heavy (non-hydrogen) atoms. The molecular weight excluding hydrogens is 425 g/mol. The Morgan fingerprint density at radius 2 is 1.84 bits per heavy atom. The van der Waals surface area contributed by atoms with Gasteiger partial charge >= 0.3 is 5.97 Å². The summed E-state index contributed by atoms with van der Waals surface area (Å²) in [6.45, 7) is 4.24. The molecule has 1 saturated heterocycles. The van der Waals surface area contributed by atoms with Crippen LogP contribution in [0.2, 0.25) is 0 Å². The normalized spacial score (nSPS) is 19.5. The van der Waals surface area contributed by atoms with Gasteiger partial charge in [0.1, 0.15) is 6.10 Å². The van der Waals surface area contributed by atoms with Crippen LogP contribution in [0.15, 0.2) is 18.2 Å². The van der Waals surface area contributed by atoms with Gasteiger partial charge in [0.25, 0.3) is 0 Å². The quantitative estimate of drug-likeness (QED) is 0.451. The number of halogens is 3. The number of ether oxygens (including phenoxy) is 4. The van der Waals surface area contributed by atoms with Crippen molar-refractivity contribution >= 4 is 5.97 Å². The zero-order valence-electron chi connectivity index (χ0n) is 18.0. The largest absolute Gasteiger partial charge is 0.491 e. The highest BCUT2D eigenvalue weighted by Crippen LogP contribution is 2.43. The van der Waals surface area contributed by atoms with E-state index >= 15 is 0 Å². The Labute approximate surface area is 184 Å². The highest BCUT2D eigenvalue weighted by Gasteiger charge is 2.32. The molecule has 0 spiro atoms. The zero-order valence-corrected chi connectivity index (χ0v) is 18.0. The molecule has 0 bridgehead atoms. The first kappa shape index (κ1) is 22.5. The fourth-order valence-corrected chi connectivity index (χ4v) is 4.09. The van der Waals surface area contributed by atoms with Crippen molar-refractivity contribution in [1.82, 2.24) is 0 Å².